The van der Waals surface area contributed by atoms with Crippen molar-refractivity contribution in [1.29, 1.82) is 0 Å². The predicted octanol–water partition coefficient (Wildman–Crippen LogP) is 4.19. The fourth-order valence-corrected chi connectivity index (χ4v) is 0.348. The second-order valence-electron chi connectivity index (χ2n) is 1.43. The lowest BCUT2D eigenvalue weighted by atomic mass is 10.3. The van der Waals surface area contributed by atoms with Gasteiger partial charge in [0.15, 0.2) is 0 Å². The van der Waals surface area contributed by atoms with Gasteiger partial charge in [-0.15, -0.1) is 19.7 Å². The summed E-state index contributed by atoms with van der Waals surface area (Å²) in [6.45, 7) is 15.8. The van der Waals surface area contributed by atoms with Gasteiger partial charge in [-0.1, -0.05) is 39.7 Å². The van der Waals surface area contributed by atoms with Crippen LogP contribution in [0.25, 0.3) is 0 Å². The Morgan fingerprint density at radius 2 is 1.60 bits per heavy atom. The Labute approximate surface area is 66.7 Å². The highest BCUT2D eigenvalue weighted by Crippen LogP contribution is 1.91. The highest BCUT2D eigenvalue weighted by molar-refractivity contribution is 4.64. The molecule has 0 heteroatoms. The highest BCUT2D eigenvalue weighted by Gasteiger charge is 1.71. The van der Waals surface area contributed by atoms with Crippen molar-refractivity contribution in [2.75, 3.05) is 0 Å². The first-order valence-electron chi connectivity index (χ1n) is 4.02. The summed E-state index contributed by atoms with van der Waals surface area (Å²) < 4.78 is 0. The molecule has 0 atom stereocenters. The van der Waals surface area contributed by atoms with Crippen LogP contribution in [0.5, 0.6) is 0 Å². The molecular formula is C10H22. The van der Waals surface area contributed by atoms with E-state index in [0.29, 0.717) is 0 Å². The van der Waals surface area contributed by atoms with Gasteiger partial charge >= 0.3 is 0 Å². The van der Waals surface area contributed by atoms with Crippen LogP contribution in [-0.4, -0.2) is 0 Å². The van der Waals surface area contributed by atoms with E-state index < -0.39 is 0 Å². The van der Waals surface area contributed by atoms with E-state index in [4.69, 9.17) is 0 Å². The third kappa shape index (κ3) is 51.1. The van der Waals surface area contributed by atoms with Crippen molar-refractivity contribution >= 4 is 0 Å². The minimum absolute atomic E-state index is 1.18. The highest BCUT2D eigenvalue weighted by atomic mass is 13.8. The first-order chi connectivity index (χ1) is 4.91. The maximum Gasteiger partial charge on any atom is -0.0354 e. The second-order valence-corrected chi connectivity index (χ2v) is 1.43. The van der Waals surface area contributed by atoms with Crippen LogP contribution in [0.4, 0.5) is 0 Å². The molecule has 0 saturated heterocycles. The lowest BCUT2D eigenvalue weighted by Gasteiger charge is -1.81. The maximum absolute atomic E-state index is 3.60. The van der Waals surface area contributed by atoms with Crippen LogP contribution < -0.4 is 0 Å². The van der Waals surface area contributed by atoms with Gasteiger partial charge in [-0.25, -0.2) is 0 Å². The van der Waals surface area contributed by atoms with Gasteiger partial charge in [0.25, 0.3) is 0 Å². The molecule has 10 heavy (non-hydrogen) atoms. The average molecular weight is 142 g/mol. The molecule has 0 saturated carbocycles. The molecule has 0 heterocycles. The number of hydrogen-bond donors (Lipinski definition) is 0. The molecule has 0 N–H and O–H groups in total. The summed E-state index contributed by atoms with van der Waals surface area (Å²) in [5.41, 5.74) is 0. The van der Waals surface area contributed by atoms with Gasteiger partial charge in [-0.2, -0.15) is 0 Å². The maximum atomic E-state index is 3.60. The van der Waals surface area contributed by atoms with E-state index >= 15 is 0 Å². The molecule has 0 spiro atoms. The molecule has 62 valence electrons. The molecule has 0 bridgehead atoms. The first-order valence-corrected chi connectivity index (χ1v) is 4.02. The van der Waals surface area contributed by atoms with E-state index in [1.807, 2.05) is 19.9 Å². The van der Waals surface area contributed by atoms with Crippen molar-refractivity contribution in [3.8, 4) is 0 Å². The summed E-state index contributed by atoms with van der Waals surface area (Å²) in [5.74, 6) is 0. The normalized spacial score (nSPS) is 5.90. The topological polar surface area (TPSA) is 0 Å². The number of unbranched alkanes of at least 4 members (excludes halogenated alkanes) is 2. The summed E-state index contributed by atoms with van der Waals surface area (Å²) >= 11 is 0. The Morgan fingerprint density at radius 1 is 1.20 bits per heavy atom. The van der Waals surface area contributed by atoms with Gasteiger partial charge in [-0.3, -0.25) is 0 Å². The third-order valence-corrected chi connectivity index (χ3v) is 0.762. The number of rotatable bonds is 3. The monoisotopic (exact) mass is 142 g/mol. The quantitative estimate of drug-likeness (QED) is 0.409. The molecule has 0 aliphatic rings. The van der Waals surface area contributed by atoms with Crippen molar-refractivity contribution in [1.82, 2.24) is 0 Å². The Balaban J connectivity index is -0.000000105. The minimum Gasteiger partial charge on any atom is -0.106 e. The van der Waals surface area contributed by atoms with E-state index in [2.05, 4.69) is 26.7 Å². The van der Waals surface area contributed by atoms with Crippen molar-refractivity contribution in [2.24, 2.45) is 0 Å². The number of allylic oxidation sites excluding steroid dienone is 1. The van der Waals surface area contributed by atoms with E-state index in [-0.39, 0.29) is 0 Å². The predicted molar refractivity (Wildman–Crippen MR) is 52.3 cm³/mol. The van der Waals surface area contributed by atoms with Crippen LogP contribution >= 0.6 is 0 Å². The van der Waals surface area contributed by atoms with Crippen LogP contribution in [0.15, 0.2) is 25.8 Å². The molecule has 0 aromatic heterocycles. The van der Waals surface area contributed by atoms with Gasteiger partial charge in [0.2, 0.25) is 0 Å². The fraction of sp³-hybridized carbons (Fsp3) is 0.600. The molecular weight excluding hydrogens is 120 g/mol. The standard InChI is InChI=1S/C6H12.C2H6.C2H4/c1-3-5-6-4-2;2*1-2/h3H,1,4-6H2,2H3;1-2H3;1-2H2. The van der Waals surface area contributed by atoms with Crippen molar-refractivity contribution in [3.63, 3.8) is 0 Å². The summed E-state index contributed by atoms with van der Waals surface area (Å²) in [6.07, 6.45) is 5.72. The molecule has 0 radical (unpaired) electrons. The van der Waals surface area contributed by atoms with E-state index in [1.54, 1.807) is 0 Å². The molecule has 0 unspecified atom stereocenters. The third-order valence-electron chi connectivity index (χ3n) is 0.762. The SMILES string of the molecule is C=C.C=CCCCC.CC. The zero-order valence-electron chi connectivity index (χ0n) is 7.82. The Hall–Kier alpha value is -0.520. The largest absolute Gasteiger partial charge is 0.106 e. The van der Waals surface area contributed by atoms with Crippen LogP contribution in [-0.2, 0) is 0 Å². The molecule has 0 aromatic rings. The van der Waals surface area contributed by atoms with Gasteiger partial charge < -0.3 is 0 Å². The van der Waals surface area contributed by atoms with Crippen molar-refractivity contribution in [3.05, 3.63) is 25.8 Å². The zero-order valence-corrected chi connectivity index (χ0v) is 7.82. The molecule has 0 rings (SSSR count). The lowest BCUT2D eigenvalue weighted by Crippen LogP contribution is -1.61. The molecule has 0 aromatic carbocycles. The van der Waals surface area contributed by atoms with E-state index in [1.165, 1.54) is 19.3 Å². The van der Waals surface area contributed by atoms with Crippen LogP contribution in [0.2, 0.25) is 0 Å². The summed E-state index contributed by atoms with van der Waals surface area (Å²) in [5, 5.41) is 0. The molecule has 0 aliphatic carbocycles. The van der Waals surface area contributed by atoms with E-state index in [0.717, 1.165) is 0 Å². The van der Waals surface area contributed by atoms with Gasteiger partial charge in [0.1, 0.15) is 0 Å². The van der Waals surface area contributed by atoms with Crippen molar-refractivity contribution < 1.29 is 0 Å². The second kappa shape index (κ2) is 39.2. The summed E-state index contributed by atoms with van der Waals surface area (Å²) in [7, 11) is 0. The van der Waals surface area contributed by atoms with Crippen molar-refractivity contribution in [2.45, 2.75) is 40.0 Å². The minimum atomic E-state index is 1.18. The number of hydrogen-bond acceptors (Lipinski definition) is 0. The summed E-state index contributed by atoms with van der Waals surface area (Å²) in [4.78, 5) is 0. The molecule has 0 aliphatic heterocycles. The molecule has 0 amide bonds. The lowest BCUT2D eigenvalue weighted by molar-refractivity contribution is 0.816. The first kappa shape index (κ1) is 16.2. The Morgan fingerprint density at radius 3 is 1.70 bits per heavy atom. The Kier molecular flexibility index (Phi) is 63.6. The smallest absolute Gasteiger partial charge is 0.0354 e. The van der Waals surface area contributed by atoms with Gasteiger partial charge in [0, 0.05) is 0 Å². The van der Waals surface area contributed by atoms with Gasteiger partial charge in [-0.05, 0) is 6.42 Å². The zero-order chi connectivity index (χ0) is 8.83. The molecule has 0 nitrogen and oxygen atoms in total. The Bertz CT molecular complexity index is 37.3. The average Bonchev–Trinajstić information content (AvgIpc) is 2.08. The molecule has 0 fully saturated rings. The van der Waals surface area contributed by atoms with Crippen LogP contribution in [0.1, 0.15) is 40.0 Å². The van der Waals surface area contributed by atoms with Gasteiger partial charge in [0.05, 0.1) is 0 Å². The fourth-order valence-electron chi connectivity index (χ4n) is 0.348. The van der Waals surface area contributed by atoms with Crippen LogP contribution in [0, 0.1) is 0 Å². The summed E-state index contributed by atoms with van der Waals surface area (Å²) in [6, 6.07) is 0. The van der Waals surface area contributed by atoms with Crippen LogP contribution in [0.3, 0.4) is 0 Å². The van der Waals surface area contributed by atoms with E-state index in [9.17, 15) is 0 Å².